The molecule has 2 aliphatic rings. The fourth-order valence-electron chi connectivity index (χ4n) is 2.76. The summed E-state index contributed by atoms with van der Waals surface area (Å²) < 4.78 is 5.28. The zero-order valence-corrected chi connectivity index (χ0v) is 9.48. The van der Waals surface area contributed by atoms with Crippen molar-refractivity contribution < 1.29 is 4.74 Å². The van der Waals surface area contributed by atoms with E-state index < -0.39 is 0 Å². The monoisotopic (exact) mass is 208 g/mol. The molecule has 15 heavy (non-hydrogen) atoms. The lowest BCUT2D eigenvalue weighted by molar-refractivity contribution is -0.0594. The van der Waals surface area contributed by atoms with E-state index in [2.05, 4.69) is 11.0 Å². The van der Waals surface area contributed by atoms with Gasteiger partial charge in [0, 0.05) is 32.7 Å². The fourth-order valence-corrected chi connectivity index (χ4v) is 2.76. The van der Waals surface area contributed by atoms with Crippen molar-refractivity contribution in [1.29, 1.82) is 5.26 Å². The summed E-state index contributed by atoms with van der Waals surface area (Å²) in [5, 5.41) is 8.64. The number of rotatable bonds is 3. The minimum Gasteiger partial charge on any atom is -0.379 e. The fraction of sp³-hybridized carbons (Fsp3) is 0.917. The van der Waals surface area contributed by atoms with Gasteiger partial charge in [-0.15, -0.1) is 0 Å². The average Bonchev–Trinajstić information content (AvgIpc) is 2.19. The third kappa shape index (κ3) is 2.50. The zero-order chi connectivity index (χ0) is 10.7. The molecular weight excluding hydrogens is 188 g/mol. The second-order valence-corrected chi connectivity index (χ2v) is 4.85. The Morgan fingerprint density at radius 2 is 1.93 bits per heavy atom. The molecule has 0 amide bonds. The Morgan fingerprint density at radius 1 is 1.27 bits per heavy atom. The minimum atomic E-state index is 0.474. The zero-order valence-electron chi connectivity index (χ0n) is 9.48. The Kier molecular flexibility index (Phi) is 3.61. The molecule has 0 aromatic heterocycles. The second kappa shape index (κ2) is 4.96. The van der Waals surface area contributed by atoms with Crippen LogP contribution >= 0.6 is 0 Å². The summed E-state index contributed by atoms with van der Waals surface area (Å²) in [6.45, 7) is 2.23. The molecule has 0 radical (unpaired) electrons. The van der Waals surface area contributed by atoms with E-state index >= 15 is 0 Å². The molecule has 0 aromatic rings. The van der Waals surface area contributed by atoms with Crippen LogP contribution in [0.3, 0.4) is 0 Å². The van der Waals surface area contributed by atoms with Gasteiger partial charge in [-0.05, 0) is 31.6 Å². The average molecular weight is 208 g/mol. The maximum absolute atomic E-state index is 8.64. The van der Waals surface area contributed by atoms with Crippen LogP contribution in [0.5, 0.6) is 0 Å². The number of nitriles is 1. The summed E-state index contributed by atoms with van der Waals surface area (Å²) in [6, 6.07) is 3.06. The van der Waals surface area contributed by atoms with Gasteiger partial charge in [0.15, 0.2) is 0 Å². The smallest absolute Gasteiger partial charge is 0.0825 e. The van der Waals surface area contributed by atoms with Crippen molar-refractivity contribution in [2.24, 2.45) is 5.92 Å². The van der Waals surface area contributed by atoms with E-state index in [1.54, 1.807) is 7.11 Å². The SMILES string of the molecule is COC1CN([C@H]2CC[C@H](CC#N)CC2)C1. The first kappa shape index (κ1) is 10.9. The maximum atomic E-state index is 8.64. The molecule has 0 spiro atoms. The highest BCUT2D eigenvalue weighted by atomic mass is 16.5. The molecule has 0 unspecified atom stereocenters. The van der Waals surface area contributed by atoms with E-state index in [4.69, 9.17) is 10.00 Å². The Balaban J connectivity index is 1.69. The van der Waals surface area contributed by atoms with Gasteiger partial charge in [0.05, 0.1) is 12.2 Å². The third-order valence-corrected chi connectivity index (χ3v) is 3.92. The Bertz CT molecular complexity index is 234. The summed E-state index contributed by atoms with van der Waals surface area (Å²) >= 11 is 0. The van der Waals surface area contributed by atoms with E-state index in [0.717, 1.165) is 25.6 Å². The molecule has 1 aliphatic heterocycles. The number of likely N-dealkylation sites (tertiary alicyclic amines) is 1. The Labute approximate surface area is 92.0 Å². The van der Waals surface area contributed by atoms with Gasteiger partial charge in [-0.3, -0.25) is 4.90 Å². The molecule has 2 fully saturated rings. The van der Waals surface area contributed by atoms with Crippen LogP contribution in [0.25, 0.3) is 0 Å². The van der Waals surface area contributed by atoms with Crippen molar-refractivity contribution in [2.45, 2.75) is 44.2 Å². The number of nitrogens with zero attached hydrogens (tertiary/aromatic N) is 2. The molecule has 1 aliphatic carbocycles. The molecular formula is C12H20N2O. The molecule has 0 aromatic carbocycles. The summed E-state index contributed by atoms with van der Waals surface area (Å²) in [4.78, 5) is 2.54. The van der Waals surface area contributed by atoms with Gasteiger partial charge in [-0.25, -0.2) is 0 Å². The van der Waals surface area contributed by atoms with Gasteiger partial charge in [-0.2, -0.15) is 5.26 Å². The van der Waals surface area contributed by atoms with Gasteiger partial charge >= 0.3 is 0 Å². The largest absolute Gasteiger partial charge is 0.379 e. The predicted molar refractivity (Wildman–Crippen MR) is 58.3 cm³/mol. The van der Waals surface area contributed by atoms with Gasteiger partial charge < -0.3 is 4.74 Å². The molecule has 3 heteroatoms. The summed E-state index contributed by atoms with van der Waals surface area (Å²) in [5.74, 6) is 0.672. The third-order valence-electron chi connectivity index (χ3n) is 3.92. The number of methoxy groups -OCH3 is 1. The molecule has 3 nitrogen and oxygen atoms in total. The van der Waals surface area contributed by atoms with E-state index in [9.17, 15) is 0 Å². The lowest BCUT2D eigenvalue weighted by Crippen LogP contribution is -2.56. The van der Waals surface area contributed by atoms with Crippen molar-refractivity contribution in [1.82, 2.24) is 4.90 Å². The second-order valence-electron chi connectivity index (χ2n) is 4.85. The van der Waals surface area contributed by atoms with Gasteiger partial charge in [0.2, 0.25) is 0 Å². The number of ether oxygens (including phenoxy) is 1. The van der Waals surface area contributed by atoms with E-state index in [0.29, 0.717) is 12.0 Å². The van der Waals surface area contributed by atoms with Crippen LogP contribution in [0, 0.1) is 17.2 Å². The van der Waals surface area contributed by atoms with Crippen molar-refractivity contribution in [3.8, 4) is 6.07 Å². The quantitative estimate of drug-likeness (QED) is 0.709. The van der Waals surface area contributed by atoms with E-state index in [1.807, 2.05) is 0 Å². The van der Waals surface area contributed by atoms with Crippen LogP contribution in [0.4, 0.5) is 0 Å². The molecule has 1 saturated carbocycles. The molecule has 0 atom stereocenters. The van der Waals surface area contributed by atoms with E-state index in [1.165, 1.54) is 25.7 Å². The number of hydrogen-bond donors (Lipinski definition) is 0. The molecule has 0 N–H and O–H groups in total. The first-order valence-electron chi connectivity index (χ1n) is 5.97. The first-order chi connectivity index (χ1) is 7.33. The van der Waals surface area contributed by atoms with Crippen LogP contribution in [-0.2, 0) is 4.74 Å². The van der Waals surface area contributed by atoms with Gasteiger partial charge in [0.25, 0.3) is 0 Å². The highest BCUT2D eigenvalue weighted by molar-refractivity contribution is 4.90. The lowest BCUT2D eigenvalue weighted by atomic mass is 9.83. The highest BCUT2D eigenvalue weighted by Gasteiger charge is 2.34. The van der Waals surface area contributed by atoms with Gasteiger partial charge in [0.1, 0.15) is 0 Å². The van der Waals surface area contributed by atoms with Crippen LogP contribution < -0.4 is 0 Å². The number of hydrogen-bond acceptors (Lipinski definition) is 3. The van der Waals surface area contributed by atoms with Crippen LogP contribution in [-0.4, -0.2) is 37.2 Å². The van der Waals surface area contributed by atoms with Crippen LogP contribution in [0.15, 0.2) is 0 Å². The molecule has 1 saturated heterocycles. The Hall–Kier alpha value is -0.590. The van der Waals surface area contributed by atoms with E-state index in [-0.39, 0.29) is 0 Å². The Morgan fingerprint density at radius 3 is 2.47 bits per heavy atom. The van der Waals surface area contributed by atoms with Crippen LogP contribution in [0.2, 0.25) is 0 Å². The molecule has 84 valence electrons. The van der Waals surface area contributed by atoms with Gasteiger partial charge in [-0.1, -0.05) is 0 Å². The van der Waals surface area contributed by atoms with Crippen molar-refractivity contribution in [3.63, 3.8) is 0 Å². The molecule has 1 heterocycles. The predicted octanol–water partition coefficient (Wildman–Crippen LogP) is 1.79. The standard InChI is InChI=1S/C12H20N2O/c1-15-12-8-14(9-12)11-4-2-10(3-5-11)6-7-13/h10-12H,2-6,8-9H2,1H3/t10-,11-. The summed E-state index contributed by atoms with van der Waals surface area (Å²) in [5.41, 5.74) is 0. The lowest BCUT2D eigenvalue weighted by Gasteiger charge is -2.45. The topological polar surface area (TPSA) is 36.3 Å². The minimum absolute atomic E-state index is 0.474. The summed E-state index contributed by atoms with van der Waals surface area (Å²) in [6.07, 6.45) is 6.28. The van der Waals surface area contributed by atoms with Crippen molar-refractivity contribution >= 4 is 0 Å². The summed E-state index contributed by atoms with van der Waals surface area (Å²) in [7, 11) is 1.80. The van der Waals surface area contributed by atoms with Crippen LogP contribution in [0.1, 0.15) is 32.1 Å². The highest BCUT2D eigenvalue weighted by Crippen LogP contribution is 2.31. The maximum Gasteiger partial charge on any atom is 0.0825 e. The normalized spacial score (nSPS) is 33.3. The molecule has 0 bridgehead atoms. The van der Waals surface area contributed by atoms with Crippen molar-refractivity contribution in [3.05, 3.63) is 0 Å². The first-order valence-corrected chi connectivity index (χ1v) is 5.97. The molecule has 2 rings (SSSR count). The van der Waals surface area contributed by atoms with Crippen molar-refractivity contribution in [2.75, 3.05) is 20.2 Å².